The molecule has 0 spiro atoms. The molecule has 0 aliphatic carbocycles. The van der Waals surface area contributed by atoms with Gasteiger partial charge in [0.05, 0.1) is 0 Å². The molecule has 0 bridgehead atoms. The Balaban J connectivity index is 1.79. The zero-order chi connectivity index (χ0) is 15.2. The van der Waals surface area contributed by atoms with E-state index in [1.807, 2.05) is 6.07 Å². The summed E-state index contributed by atoms with van der Waals surface area (Å²) in [5, 5.41) is 8.90. The summed E-state index contributed by atoms with van der Waals surface area (Å²) in [6.45, 7) is 7.19. The van der Waals surface area contributed by atoms with Gasteiger partial charge in [-0.05, 0) is 12.1 Å². The maximum absolute atomic E-state index is 11.7. The highest BCUT2D eigenvalue weighted by atomic mass is 32.1. The molecule has 1 amide bonds. The lowest BCUT2D eigenvalue weighted by Crippen LogP contribution is -2.48. The van der Waals surface area contributed by atoms with Crippen molar-refractivity contribution in [3.63, 3.8) is 0 Å². The molecule has 0 saturated carbocycles. The van der Waals surface area contributed by atoms with Gasteiger partial charge in [0.2, 0.25) is 0 Å². The first-order chi connectivity index (χ1) is 10.1. The highest BCUT2D eigenvalue weighted by molar-refractivity contribution is 7.13. The van der Waals surface area contributed by atoms with Gasteiger partial charge in [0.1, 0.15) is 11.5 Å². The first kappa shape index (κ1) is 15.5. The lowest BCUT2D eigenvalue weighted by Gasteiger charge is -2.33. The van der Waals surface area contributed by atoms with Gasteiger partial charge in [0.15, 0.2) is 0 Å². The number of carbonyl (C=O) groups excluding carboxylic acids is 1. The summed E-state index contributed by atoms with van der Waals surface area (Å²) < 4.78 is 5.00. The van der Waals surface area contributed by atoms with E-state index in [0.717, 1.165) is 18.0 Å². The molecular weight excluding hydrogens is 292 g/mol. The number of thiophene rings is 1. The van der Waals surface area contributed by atoms with Crippen molar-refractivity contribution in [1.29, 1.82) is 0 Å². The van der Waals surface area contributed by atoms with E-state index in [1.165, 1.54) is 11.3 Å². The van der Waals surface area contributed by atoms with Crippen LogP contribution in [0.5, 0.6) is 0 Å². The predicted molar refractivity (Wildman–Crippen MR) is 79.7 cm³/mol. The van der Waals surface area contributed by atoms with Crippen LogP contribution >= 0.6 is 11.3 Å². The van der Waals surface area contributed by atoms with Crippen molar-refractivity contribution in [2.24, 2.45) is 0 Å². The van der Waals surface area contributed by atoms with Gasteiger partial charge in [-0.1, -0.05) is 12.7 Å². The molecule has 6 nitrogen and oxygen atoms in total. The standard InChI is InChI=1S/C14H18N2O4S/c1-2-9-20-14(19)16-7-5-15(6-8-16)10-11-3-4-12(21-11)13(17)18/h2-4H,1,5-10H2,(H,17,18). The molecule has 1 aliphatic rings. The maximum atomic E-state index is 11.7. The Morgan fingerprint density at radius 2 is 2.05 bits per heavy atom. The molecule has 1 N–H and O–H groups in total. The summed E-state index contributed by atoms with van der Waals surface area (Å²) in [6.07, 6.45) is 1.24. The zero-order valence-electron chi connectivity index (χ0n) is 11.7. The van der Waals surface area contributed by atoms with Gasteiger partial charge in [-0.2, -0.15) is 0 Å². The van der Waals surface area contributed by atoms with Crippen molar-refractivity contribution >= 4 is 23.4 Å². The molecule has 1 aromatic heterocycles. The minimum atomic E-state index is -0.888. The van der Waals surface area contributed by atoms with E-state index < -0.39 is 5.97 Å². The second kappa shape index (κ2) is 7.24. The molecule has 0 aromatic carbocycles. The van der Waals surface area contributed by atoms with Gasteiger partial charge >= 0.3 is 12.1 Å². The van der Waals surface area contributed by atoms with Crippen molar-refractivity contribution in [3.8, 4) is 0 Å². The average molecular weight is 310 g/mol. The number of carbonyl (C=O) groups is 2. The van der Waals surface area contributed by atoms with E-state index in [9.17, 15) is 9.59 Å². The van der Waals surface area contributed by atoms with Crippen LogP contribution in [0.2, 0.25) is 0 Å². The van der Waals surface area contributed by atoms with Crippen LogP contribution < -0.4 is 0 Å². The van der Waals surface area contributed by atoms with Crippen LogP contribution in [0.1, 0.15) is 14.5 Å². The lowest BCUT2D eigenvalue weighted by molar-refractivity contribution is 0.0701. The monoisotopic (exact) mass is 310 g/mol. The van der Waals surface area contributed by atoms with E-state index in [2.05, 4.69) is 11.5 Å². The largest absolute Gasteiger partial charge is 0.477 e. The highest BCUT2D eigenvalue weighted by Crippen LogP contribution is 2.19. The number of aromatic carboxylic acids is 1. The van der Waals surface area contributed by atoms with E-state index >= 15 is 0 Å². The summed E-state index contributed by atoms with van der Waals surface area (Å²) in [5.74, 6) is -0.888. The molecular formula is C14H18N2O4S. The fourth-order valence-corrected chi connectivity index (χ4v) is 3.00. The third-order valence-corrected chi connectivity index (χ3v) is 4.27. The Morgan fingerprint density at radius 3 is 2.62 bits per heavy atom. The van der Waals surface area contributed by atoms with Crippen molar-refractivity contribution in [3.05, 3.63) is 34.5 Å². The fraction of sp³-hybridized carbons (Fsp3) is 0.429. The number of hydrogen-bond donors (Lipinski definition) is 1. The normalized spacial score (nSPS) is 15.7. The SMILES string of the molecule is C=CCOC(=O)N1CCN(Cc2ccc(C(=O)O)s2)CC1. The summed E-state index contributed by atoms with van der Waals surface area (Å²) in [7, 11) is 0. The van der Waals surface area contributed by atoms with Gasteiger partial charge in [0, 0.05) is 37.6 Å². The third kappa shape index (κ3) is 4.30. The van der Waals surface area contributed by atoms with Crippen molar-refractivity contribution in [2.45, 2.75) is 6.54 Å². The van der Waals surface area contributed by atoms with E-state index in [0.29, 0.717) is 24.5 Å². The minimum Gasteiger partial charge on any atom is -0.477 e. The number of amides is 1. The van der Waals surface area contributed by atoms with Crippen molar-refractivity contribution in [1.82, 2.24) is 9.80 Å². The molecule has 7 heteroatoms. The molecule has 1 fully saturated rings. The Kier molecular flexibility index (Phi) is 5.35. The molecule has 2 heterocycles. The Hall–Kier alpha value is -1.86. The molecule has 1 aliphatic heterocycles. The Bertz CT molecular complexity index is 521. The number of carboxylic acids is 1. The lowest BCUT2D eigenvalue weighted by atomic mass is 10.3. The first-order valence-corrected chi connectivity index (χ1v) is 7.48. The fourth-order valence-electron chi connectivity index (χ4n) is 2.11. The highest BCUT2D eigenvalue weighted by Gasteiger charge is 2.22. The third-order valence-electron chi connectivity index (χ3n) is 3.21. The molecule has 114 valence electrons. The minimum absolute atomic E-state index is 0.228. The van der Waals surface area contributed by atoms with Crippen molar-refractivity contribution in [2.75, 3.05) is 32.8 Å². The molecule has 0 atom stereocenters. The molecule has 1 saturated heterocycles. The van der Waals surface area contributed by atoms with Crippen LogP contribution in [0.25, 0.3) is 0 Å². The Labute approximate surface area is 127 Å². The number of carboxylic acid groups (broad SMARTS) is 1. The number of ether oxygens (including phenoxy) is 1. The van der Waals surface area contributed by atoms with Crippen molar-refractivity contribution < 1.29 is 19.4 Å². The number of nitrogens with zero attached hydrogens (tertiary/aromatic N) is 2. The summed E-state index contributed by atoms with van der Waals surface area (Å²) in [4.78, 5) is 27.8. The molecule has 0 unspecified atom stereocenters. The first-order valence-electron chi connectivity index (χ1n) is 6.67. The van der Waals surface area contributed by atoms with Crippen LogP contribution in [0, 0.1) is 0 Å². The number of piperazine rings is 1. The van der Waals surface area contributed by atoms with E-state index in [-0.39, 0.29) is 12.7 Å². The predicted octanol–water partition coefficient (Wildman–Crippen LogP) is 1.89. The van der Waals surface area contributed by atoms with Gasteiger partial charge in [-0.15, -0.1) is 11.3 Å². The van der Waals surface area contributed by atoms with Crippen LogP contribution in [0.3, 0.4) is 0 Å². The Morgan fingerprint density at radius 1 is 1.33 bits per heavy atom. The van der Waals surface area contributed by atoms with Gasteiger partial charge in [-0.25, -0.2) is 9.59 Å². The topological polar surface area (TPSA) is 70.1 Å². The summed E-state index contributed by atoms with van der Waals surface area (Å²) >= 11 is 1.30. The number of rotatable bonds is 5. The molecule has 21 heavy (non-hydrogen) atoms. The maximum Gasteiger partial charge on any atom is 0.410 e. The van der Waals surface area contributed by atoms with Crippen LogP contribution in [0.15, 0.2) is 24.8 Å². The van der Waals surface area contributed by atoms with Crippen LogP contribution in [-0.2, 0) is 11.3 Å². The quantitative estimate of drug-likeness (QED) is 0.841. The van der Waals surface area contributed by atoms with Crippen LogP contribution in [-0.4, -0.2) is 59.8 Å². The van der Waals surface area contributed by atoms with E-state index in [1.54, 1.807) is 17.0 Å². The summed E-state index contributed by atoms with van der Waals surface area (Å²) in [6, 6.07) is 3.48. The van der Waals surface area contributed by atoms with Crippen LogP contribution in [0.4, 0.5) is 4.79 Å². The smallest absolute Gasteiger partial charge is 0.410 e. The second-order valence-corrected chi connectivity index (χ2v) is 5.87. The summed E-state index contributed by atoms with van der Waals surface area (Å²) in [5.41, 5.74) is 0. The molecule has 1 aromatic rings. The van der Waals surface area contributed by atoms with E-state index in [4.69, 9.17) is 9.84 Å². The van der Waals surface area contributed by atoms with Gasteiger partial charge in [-0.3, -0.25) is 4.90 Å². The zero-order valence-corrected chi connectivity index (χ0v) is 12.5. The molecule has 2 rings (SSSR count). The van der Waals surface area contributed by atoms with Gasteiger partial charge in [0.25, 0.3) is 0 Å². The second-order valence-electron chi connectivity index (χ2n) is 4.70. The van der Waals surface area contributed by atoms with Gasteiger partial charge < -0.3 is 14.7 Å². The number of hydrogen-bond acceptors (Lipinski definition) is 5. The molecule has 0 radical (unpaired) electrons. The average Bonchev–Trinajstić information content (AvgIpc) is 2.94.